The summed E-state index contributed by atoms with van der Waals surface area (Å²) in [4.78, 5) is 11.8. The number of benzene rings is 2. The third kappa shape index (κ3) is 5.13. The Balaban J connectivity index is 1.89. The molecule has 0 spiro atoms. The van der Waals surface area contributed by atoms with E-state index >= 15 is 0 Å². The van der Waals surface area contributed by atoms with Gasteiger partial charge in [0.05, 0.1) is 19.9 Å². The van der Waals surface area contributed by atoms with E-state index in [-0.39, 0.29) is 12.4 Å². The zero-order valence-electron chi connectivity index (χ0n) is 14.1. The first-order valence-corrected chi connectivity index (χ1v) is 7.68. The maximum atomic E-state index is 11.8. The molecule has 0 heterocycles. The summed E-state index contributed by atoms with van der Waals surface area (Å²) in [5.74, 6) is 0.887. The smallest absolute Gasteiger partial charge is 0.277 e. The number of nitrogens with one attached hydrogen (secondary N) is 1. The third-order valence-electron chi connectivity index (χ3n) is 3.15. The molecule has 0 bridgehead atoms. The van der Waals surface area contributed by atoms with Crippen molar-refractivity contribution in [3.8, 4) is 23.0 Å². The van der Waals surface area contributed by atoms with Crippen LogP contribution in [0.2, 0.25) is 0 Å². The van der Waals surface area contributed by atoms with Crippen molar-refractivity contribution in [3.05, 3.63) is 48.0 Å². The Morgan fingerprint density at radius 1 is 1.12 bits per heavy atom. The summed E-state index contributed by atoms with van der Waals surface area (Å²) in [7, 11) is 1.45. The molecule has 2 aromatic rings. The first kappa shape index (κ1) is 18.1. The van der Waals surface area contributed by atoms with Crippen LogP contribution < -0.4 is 19.6 Å². The van der Waals surface area contributed by atoms with Crippen molar-refractivity contribution in [3.63, 3.8) is 0 Å². The molecule has 7 heteroatoms. The summed E-state index contributed by atoms with van der Waals surface area (Å²) in [6.45, 7) is 2.15. The van der Waals surface area contributed by atoms with Gasteiger partial charge >= 0.3 is 0 Å². The highest BCUT2D eigenvalue weighted by Crippen LogP contribution is 2.28. The fraction of sp³-hybridized carbons (Fsp3) is 0.222. The van der Waals surface area contributed by atoms with Crippen LogP contribution in [0.15, 0.2) is 47.6 Å². The van der Waals surface area contributed by atoms with E-state index in [4.69, 9.17) is 14.2 Å². The largest absolute Gasteiger partial charge is 0.504 e. The van der Waals surface area contributed by atoms with Gasteiger partial charge in [-0.05, 0) is 31.2 Å². The molecule has 2 N–H and O–H groups in total. The van der Waals surface area contributed by atoms with E-state index < -0.39 is 5.91 Å². The van der Waals surface area contributed by atoms with Gasteiger partial charge in [-0.25, -0.2) is 5.43 Å². The average Bonchev–Trinajstić information content (AvgIpc) is 2.62. The number of phenolic OH excluding ortho intramolecular Hbond substituents is 1. The minimum Gasteiger partial charge on any atom is -0.504 e. The summed E-state index contributed by atoms with van der Waals surface area (Å²) in [5.41, 5.74) is 2.75. The lowest BCUT2D eigenvalue weighted by molar-refractivity contribution is -0.123. The Bertz CT molecular complexity index is 746. The number of phenols is 1. The van der Waals surface area contributed by atoms with Crippen molar-refractivity contribution in [1.82, 2.24) is 5.43 Å². The molecule has 0 aromatic heterocycles. The summed E-state index contributed by atoms with van der Waals surface area (Å²) < 4.78 is 15.9. The monoisotopic (exact) mass is 344 g/mol. The number of hydrazone groups is 1. The van der Waals surface area contributed by atoms with E-state index in [1.54, 1.807) is 36.4 Å². The normalized spacial score (nSPS) is 10.5. The molecule has 0 fully saturated rings. The van der Waals surface area contributed by atoms with Gasteiger partial charge in [-0.1, -0.05) is 18.2 Å². The maximum Gasteiger partial charge on any atom is 0.277 e. The van der Waals surface area contributed by atoms with Crippen molar-refractivity contribution in [2.75, 3.05) is 20.3 Å². The average molecular weight is 344 g/mol. The molecule has 2 rings (SSSR count). The van der Waals surface area contributed by atoms with E-state index in [1.165, 1.54) is 13.3 Å². The predicted molar refractivity (Wildman–Crippen MR) is 93.5 cm³/mol. The molecule has 0 aliphatic heterocycles. The highest BCUT2D eigenvalue weighted by atomic mass is 16.5. The number of ether oxygens (including phenoxy) is 3. The summed E-state index contributed by atoms with van der Waals surface area (Å²) >= 11 is 0. The Morgan fingerprint density at radius 3 is 2.48 bits per heavy atom. The molecule has 0 aliphatic carbocycles. The van der Waals surface area contributed by atoms with Crippen LogP contribution in [0.25, 0.3) is 0 Å². The molecule has 0 unspecified atom stereocenters. The van der Waals surface area contributed by atoms with Crippen LogP contribution in [-0.2, 0) is 4.79 Å². The van der Waals surface area contributed by atoms with E-state index in [9.17, 15) is 9.90 Å². The van der Waals surface area contributed by atoms with Gasteiger partial charge in [-0.3, -0.25) is 4.79 Å². The highest BCUT2D eigenvalue weighted by molar-refractivity contribution is 5.86. The van der Waals surface area contributed by atoms with Crippen LogP contribution in [0.5, 0.6) is 23.0 Å². The second-order valence-electron chi connectivity index (χ2n) is 4.86. The van der Waals surface area contributed by atoms with Crippen molar-refractivity contribution < 1.29 is 24.1 Å². The van der Waals surface area contributed by atoms with Gasteiger partial charge in [0.1, 0.15) is 0 Å². The van der Waals surface area contributed by atoms with Gasteiger partial charge in [-0.15, -0.1) is 0 Å². The predicted octanol–water partition coefficient (Wildman–Crippen LogP) is 2.33. The Hall–Kier alpha value is -3.22. The van der Waals surface area contributed by atoms with Gasteiger partial charge in [-0.2, -0.15) is 5.10 Å². The second-order valence-corrected chi connectivity index (χ2v) is 4.86. The minimum absolute atomic E-state index is 0.0510. The number of hydrogen-bond donors (Lipinski definition) is 2. The van der Waals surface area contributed by atoms with E-state index in [2.05, 4.69) is 10.5 Å². The van der Waals surface area contributed by atoms with Crippen molar-refractivity contribution in [1.29, 1.82) is 0 Å². The maximum absolute atomic E-state index is 11.8. The molecule has 0 atom stereocenters. The molecule has 7 nitrogen and oxygen atoms in total. The van der Waals surface area contributed by atoms with E-state index in [0.29, 0.717) is 29.4 Å². The molecule has 0 radical (unpaired) electrons. The number of nitrogens with zero attached hydrogens (tertiary/aromatic N) is 1. The van der Waals surface area contributed by atoms with Gasteiger partial charge < -0.3 is 19.3 Å². The molecular weight excluding hydrogens is 324 g/mol. The standard InChI is InChI=1S/C18H20N2O5/c1-3-24-14-8-4-5-9-15(14)25-12-17(21)20-19-11-13-7-6-10-16(23-2)18(13)22/h4-11,22H,3,12H2,1-2H3,(H,20,21)/b19-11-. The third-order valence-corrected chi connectivity index (χ3v) is 3.15. The van der Waals surface area contributed by atoms with Gasteiger partial charge in [0.15, 0.2) is 29.6 Å². The van der Waals surface area contributed by atoms with Crippen molar-refractivity contribution in [2.45, 2.75) is 6.92 Å². The molecule has 25 heavy (non-hydrogen) atoms. The first-order valence-electron chi connectivity index (χ1n) is 7.68. The number of hydrogen-bond acceptors (Lipinski definition) is 6. The van der Waals surface area contributed by atoms with Crippen LogP contribution in [-0.4, -0.2) is 37.6 Å². The number of rotatable bonds is 8. The SMILES string of the molecule is CCOc1ccccc1OCC(=O)N/N=C\c1cccc(OC)c1O. The minimum atomic E-state index is -0.440. The van der Waals surface area contributed by atoms with Crippen LogP contribution in [0.4, 0.5) is 0 Å². The number of carbonyl (C=O) groups excluding carboxylic acids is 1. The second kappa shape index (κ2) is 9.17. The number of methoxy groups -OCH3 is 1. The fourth-order valence-electron chi connectivity index (χ4n) is 2.00. The van der Waals surface area contributed by atoms with Crippen LogP contribution in [0.3, 0.4) is 0 Å². The molecule has 2 aromatic carbocycles. The number of para-hydroxylation sites is 3. The summed E-state index contributed by atoms with van der Waals surface area (Å²) in [5, 5.41) is 13.7. The zero-order chi connectivity index (χ0) is 18.1. The Kier molecular flexibility index (Phi) is 6.65. The lowest BCUT2D eigenvalue weighted by atomic mass is 10.2. The van der Waals surface area contributed by atoms with E-state index in [1.807, 2.05) is 13.0 Å². The summed E-state index contributed by atoms with van der Waals surface area (Å²) in [6, 6.07) is 12.1. The lowest BCUT2D eigenvalue weighted by Crippen LogP contribution is -2.24. The molecule has 0 saturated carbocycles. The molecule has 0 aliphatic rings. The topological polar surface area (TPSA) is 89.4 Å². The van der Waals surface area contributed by atoms with Crippen LogP contribution >= 0.6 is 0 Å². The van der Waals surface area contributed by atoms with Gasteiger partial charge in [0.2, 0.25) is 0 Å². The number of amides is 1. The molecular formula is C18H20N2O5. The van der Waals surface area contributed by atoms with Crippen molar-refractivity contribution >= 4 is 12.1 Å². The molecule has 0 saturated heterocycles. The van der Waals surface area contributed by atoms with E-state index in [0.717, 1.165) is 0 Å². The Morgan fingerprint density at radius 2 is 1.80 bits per heavy atom. The summed E-state index contributed by atoms with van der Waals surface area (Å²) in [6.07, 6.45) is 1.32. The molecule has 132 valence electrons. The van der Waals surface area contributed by atoms with Crippen LogP contribution in [0, 0.1) is 0 Å². The molecule has 1 amide bonds. The fourth-order valence-corrected chi connectivity index (χ4v) is 2.00. The van der Waals surface area contributed by atoms with Crippen molar-refractivity contribution in [2.24, 2.45) is 5.10 Å². The number of aromatic hydroxyl groups is 1. The van der Waals surface area contributed by atoms with Gasteiger partial charge in [0.25, 0.3) is 5.91 Å². The Labute approximate surface area is 145 Å². The lowest BCUT2D eigenvalue weighted by Gasteiger charge is -2.10. The quantitative estimate of drug-likeness (QED) is 0.567. The first-order chi connectivity index (χ1) is 12.2. The van der Waals surface area contributed by atoms with Gasteiger partial charge in [0, 0.05) is 5.56 Å². The highest BCUT2D eigenvalue weighted by Gasteiger charge is 2.07. The van der Waals surface area contributed by atoms with Crippen LogP contribution in [0.1, 0.15) is 12.5 Å². The zero-order valence-corrected chi connectivity index (χ0v) is 14.1. The number of carbonyl (C=O) groups is 1.